The molecule has 1 N–H and O–H groups in total. The summed E-state index contributed by atoms with van der Waals surface area (Å²) < 4.78 is 12.6. The van der Waals surface area contributed by atoms with Crippen molar-refractivity contribution in [3.63, 3.8) is 0 Å². The lowest BCUT2D eigenvalue weighted by Crippen LogP contribution is -2.26. The second-order valence-corrected chi connectivity index (χ2v) is 12.2. The third kappa shape index (κ3) is 4.89. The highest BCUT2D eigenvalue weighted by molar-refractivity contribution is 9.10. The summed E-state index contributed by atoms with van der Waals surface area (Å²) in [6.45, 7) is 7.34. The van der Waals surface area contributed by atoms with Crippen LogP contribution in [0.4, 0.5) is 0 Å². The fourth-order valence-electron chi connectivity index (χ4n) is 4.74. The van der Waals surface area contributed by atoms with E-state index < -0.39 is 0 Å². The van der Waals surface area contributed by atoms with Crippen LogP contribution in [-0.4, -0.2) is 17.1 Å². The molecule has 1 unspecified atom stereocenters. The Balaban J connectivity index is 1.44. The molecule has 182 valence electrons. The van der Waals surface area contributed by atoms with E-state index in [4.69, 9.17) is 14.5 Å². The molecular formula is C28H29BrN2O3S. The van der Waals surface area contributed by atoms with Crippen LogP contribution in [0.1, 0.15) is 43.2 Å². The number of H-pyrrole nitrogens is 1. The highest BCUT2D eigenvalue weighted by Crippen LogP contribution is 2.42. The van der Waals surface area contributed by atoms with Gasteiger partial charge in [-0.2, -0.15) is 0 Å². The highest BCUT2D eigenvalue weighted by Gasteiger charge is 2.31. The van der Waals surface area contributed by atoms with Crippen molar-refractivity contribution in [2.75, 3.05) is 7.11 Å². The Labute approximate surface area is 217 Å². The maximum Gasteiger partial charge on any atom is 0.260 e. The highest BCUT2D eigenvalue weighted by atomic mass is 79.9. The maximum atomic E-state index is 13.1. The predicted molar refractivity (Wildman–Crippen MR) is 146 cm³/mol. The zero-order valence-electron chi connectivity index (χ0n) is 20.4. The summed E-state index contributed by atoms with van der Waals surface area (Å²) in [5.41, 5.74) is 3.24. The van der Waals surface area contributed by atoms with Crippen molar-refractivity contribution in [1.82, 2.24) is 9.97 Å². The zero-order valence-corrected chi connectivity index (χ0v) is 22.8. The van der Waals surface area contributed by atoms with Crippen LogP contribution in [0.3, 0.4) is 0 Å². The number of fused-ring (bicyclic) bond motifs is 3. The Morgan fingerprint density at radius 3 is 2.63 bits per heavy atom. The van der Waals surface area contributed by atoms with Gasteiger partial charge in [0.2, 0.25) is 0 Å². The number of methoxy groups -OCH3 is 1. The first-order valence-corrected chi connectivity index (χ1v) is 13.4. The monoisotopic (exact) mass is 552 g/mol. The maximum absolute atomic E-state index is 13.1. The van der Waals surface area contributed by atoms with Crippen molar-refractivity contribution < 1.29 is 9.47 Å². The minimum absolute atomic E-state index is 0.0637. The lowest BCUT2D eigenvalue weighted by molar-refractivity contribution is 0.218. The van der Waals surface area contributed by atoms with Gasteiger partial charge in [0.1, 0.15) is 17.3 Å². The van der Waals surface area contributed by atoms with Crippen LogP contribution in [0.15, 0.2) is 51.7 Å². The number of aryl methyl sites for hydroxylation is 1. The van der Waals surface area contributed by atoms with E-state index in [1.807, 2.05) is 42.5 Å². The Kier molecular flexibility index (Phi) is 6.49. The summed E-state index contributed by atoms with van der Waals surface area (Å²) in [6, 6.07) is 13.6. The lowest BCUT2D eigenvalue weighted by Gasteiger charge is -2.33. The Morgan fingerprint density at radius 2 is 1.91 bits per heavy atom. The smallest absolute Gasteiger partial charge is 0.260 e. The van der Waals surface area contributed by atoms with E-state index >= 15 is 0 Å². The molecule has 0 saturated heterocycles. The normalized spacial score (nSPS) is 15.7. The van der Waals surface area contributed by atoms with Gasteiger partial charge in [-0.3, -0.25) is 4.79 Å². The van der Waals surface area contributed by atoms with Gasteiger partial charge in [0.05, 0.1) is 12.5 Å². The second-order valence-electron chi connectivity index (χ2n) is 10.2. The van der Waals surface area contributed by atoms with Gasteiger partial charge in [-0.1, -0.05) is 48.8 Å². The molecular weight excluding hydrogens is 524 g/mol. The molecule has 1 atom stereocenters. The molecule has 5 nitrogen and oxygen atoms in total. The Bertz CT molecular complexity index is 1430. The molecule has 0 radical (unpaired) electrons. The number of nitrogens with one attached hydrogen (secondary N) is 1. The first-order chi connectivity index (χ1) is 16.7. The lowest BCUT2D eigenvalue weighted by atomic mass is 9.72. The first kappa shape index (κ1) is 24.1. The van der Waals surface area contributed by atoms with Crippen molar-refractivity contribution in [2.45, 2.75) is 46.6 Å². The molecule has 0 fully saturated rings. The standard InChI is InChI=1S/C28H29BrN2O3S/c1-28(2,3)18-8-11-20-23(14-18)35-27-24(20)26(32)30-25(31-27)17-7-12-21(22(13-17)33-4)34-15-16-5-9-19(29)10-6-16/h5-7,9-10,12-13,18H,8,11,14-15H2,1-4H3,(H,30,31,32). The minimum Gasteiger partial charge on any atom is -0.493 e. The Morgan fingerprint density at radius 1 is 1.14 bits per heavy atom. The molecule has 0 aliphatic heterocycles. The van der Waals surface area contributed by atoms with Crippen LogP contribution >= 0.6 is 27.3 Å². The molecule has 35 heavy (non-hydrogen) atoms. The van der Waals surface area contributed by atoms with Gasteiger partial charge in [0, 0.05) is 14.9 Å². The molecule has 5 rings (SSSR count). The van der Waals surface area contributed by atoms with Crippen LogP contribution in [0.5, 0.6) is 11.5 Å². The van der Waals surface area contributed by atoms with E-state index in [0.717, 1.165) is 45.1 Å². The molecule has 7 heteroatoms. The molecule has 4 aromatic rings. The third-order valence-corrected chi connectivity index (χ3v) is 8.57. The molecule has 2 aromatic carbocycles. The zero-order chi connectivity index (χ0) is 24.7. The van der Waals surface area contributed by atoms with E-state index in [0.29, 0.717) is 29.8 Å². The molecule has 1 aliphatic rings. The molecule has 0 bridgehead atoms. The molecule has 2 aromatic heterocycles. The number of aromatic amines is 1. The second kappa shape index (κ2) is 9.43. The van der Waals surface area contributed by atoms with E-state index in [2.05, 4.69) is 41.7 Å². The minimum atomic E-state index is -0.0637. The van der Waals surface area contributed by atoms with E-state index in [9.17, 15) is 4.79 Å². The van der Waals surface area contributed by atoms with Gasteiger partial charge >= 0.3 is 0 Å². The van der Waals surface area contributed by atoms with Gasteiger partial charge < -0.3 is 14.5 Å². The number of thiophene rings is 1. The molecule has 1 aliphatic carbocycles. The van der Waals surface area contributed by atoms with Crippen LogP contribution in [0.25, 0.3) is 21.6 Å². The van der Waals surface area contributed by atoms with Crippen LogP contribution in [0.2, 0.25) is 0 Å². The number of aromatic nitrogens is 2. The fraction of sp³-hybridized carbons (Fsp3) is 0.357. The average Bonchev–Trinajstić information content (AvgIpc) is 3.21. The van der Waals surface area contributed by atoms with Crippen LogP contribution in [-0.2, 0) is 19.4 Å². The summed E-state index contributed by atoms with van der Waals surface area (Å²) >= 11 is 5.12. The SMILES string of the molecule is COc1cc(-c2nc3sc4c(c3c(=O)[nH]2)CCC(C(C)(C)C)C4)ccc1OCc1ccc(Br)cc1. The van der Waals surface area contributed by atoms with Crippen molar-refractivity contribution in [2.24, 2.45) is 11.3 Å². The van der Waals surface area contributed by atoms with Crippen molar-refractivity contribution in [3.05, 3.63) is 73.3 Å². The summed E-state index contributed by atoms with van der Waals surface area (Å²) in [5.74, 6) is 2.41. The number of ether oxygens (including phenoxy) is 2. The van der Waals surface area contributed by atoms with Crippen molar-refractivity contribution in [3.8, 4) is 22.9 Å². The summed E-state index contributed by atoms with van der Waals surface area (Å²) in [4.78, 5) is 23.2. The quantitative estimate of drug-likeness (QED) is 0.285. The first-order valence-electron chi connectivity index (χ1n) is 11.8. The van der Waals surface area contributed by atoms with Crippen LogP contribution < -0.4 is 15.0 Å². The van der Waals surface area contributed by atoms with Crippen molar-refractivity contribution in [1.29, 1.82) is 0 Å². The number of halogens is 1. The summed E-state index contributed by atoms with van der Waals surface area (Å²) in [7, 11) is 1.62. The molecule has 0 amide bonds. The van der Waals surface area contributed by atoms with E-state index in [1.54, 1.807) is 18.4 Å². The summed E-state index contributed by atoms with van der Waals surface area (Å²) in [5, 5.41) is 0.766. The largest absolute Gasteiger partial charge is 0.493 e. The number of nitrogens with zero attached hydrogens (tertiary/aromatic N) is 1. The van der Waals surface area contributed by atoms with Gasteiger partial charge in [0.25, 0.3) is 5.56 Å². The molecule has 0 saturated carbocycles. The van der Waals surface area contributed by atoms with E-state index in [-0.39, 0.29) is 11.0 Å². The number of hydrogen-bond acceptors (Lipinski definition) is 5. The van der Waals surface area contributed by atoms with Gasteiger partial charge in [-0.05, 0) is 72.1 Å². The average molecular weight is 554 g/mol. The predicted octanol–water partition coefficient (Wildman–Crippen LogP) is 7.15. The Hall–Kier alpha value is -2.64. The molecule has 2 heterocycles. The van der Waals surface area contributed by atoms with Crippen molar-refractivity contribution >= 4 is 37.5 Å². The fourth-order valence-corrected chi connectivity index (χ4v) is 6.30. The number of hydrogen-bond donors (Lipinski definition) is 1. The van der Waals surface area contributed by atoms with E-state index in [1.165, 1.54) is 10.4 Å². The van der Waals surface area contributed by atoms with Gasteiger partial charge in [0.15, 0.2) is 11.5 Å². The summed E-state index contributed by atoms with van der Waals surface area (Å²) in [6.07, 6.45) is 3.08. The number of benzene rings is 2. The third-order valence-electron chi connectivity index (χ3n) is 6.89. The van der Waals surface area contributed by atoms with Crippen LogP contribution in [0, 0.1) is 11.3 Å². The molecule has 0 spiro atoms. The topological polar surface area (TPSA) is 64.2 Å². The van der Waals surface area contributed by atoms with Gasteiger partial charge in [-0.25, -0.2) is 4.98 Å². The number of rotatable bonds is 5. The van der Waals surface area contributed by atoms with Gasteiger partial charge in [-0.15, -0.1) is 11.3 Å².